The maximum absolute atomic E-state index is 13.2. The van der Waals surface area contributed by atoms with E-state index < -0.39 is 17.8 Å². The van der Waals surface area contributed by atoms with Gasteiger partial charge in [0.05, 0.1) is 0 Å². The van der Waals surface area contributed by atoms with Gasteiger partial charge in [0.15, 0.2) is 0 Å². The molecule has 0 saturated carbocycles. The van der Waals surface area contributed by atoms with Crippen molar-refractivity contribution in [1.29, 1.82) is 0 Å². The average Bonchev–Trinajstić information content (AvgIpc) is 3.05. The van der Waals surface area contributed by atoms with E-state index in [-0.39, 0.29) is 11.5 Å². The van der Waals surface area contributed by atoms with Gasteiger partial charge in [0.25, 0.3) is 5.91 Å². The molecule has 0 spiro atoms. The SMILES string of the molecule is Cc1cccc(-c2noc([C@H](C)NC(=O)c3cccc(F)c3)n2)c1. The largest absolute Gasteiger partial charge is 0.341 e. The summed E-state index contributed by atoms with van der Waals surface area (Å²) in [6.45, 7) is 3.71. The second-order valence-electron chi connectivity index (χ2n) is 5.53. The molecular formula is C18H16FN3O2. The second kappa shape index (κ2) is 6.62. The monoisotopic (exact) mass is 325 g/mol. The molecule has 2 aromatic carbocycles. The molecule has 5 nitrogen and oxygen atoms in total. The quantitative estimate of drug-likeness (QED) is 0.794. The Balaban J connectivity index is 1.74. The molecule has 0 unspecified atom stereocenters. The smallest absolute Gasteiger partial charge is 0.252 e. The Morgan fingerprint density at radius 3 is 2.75 bits per heavy atom. The molecule has 122 valence electrons. The lowest BCUT2D eigenvalue weighted by Gasteiger charge is -2.09. The number of carbonyl (C=O) groups is 1. The summed E-state index contributed by atoms with van der Waals surface area (Å²) in [5.74, 6) is -0.121. The predicted octanol–water partition coefficient (Wildman–Crippen LogP) is 3.68. The Kier molecular flexibility index (Phi) is 4.37. The van der Waals surface area contributed by atoms with Gasteiger partial charge in [-0.05, 0) is 38.1 Å². The van der Waals surface area contributed by atoms with E-state index in [9.17, 15) is 9.18 Å². The van der Waals surface area contributed by atoms with Crippen molar-refractivity contribution in [2.45, 2.75) is 19.9 Å². The molecule has 1 amide bonds. The Hall–Kier alpha value is -3.02. The van der Waals surface area contributed by atoms with Crippen LogP contribution < -0.4 is 5.32 Å². The molecule has 6 heteroatoms. The molecular weight excluding hydrogens is 309 g/mol. The van der Waals surface area contributed by atoms with Crippen LogP contribution in [0.3, 0.4) is 0 Å². The molecule has 1 atom stereocenters. The Morgan fingerprint density at radius 2 is 2.00 bits per heavy atom. The predicted molar refractivity (Wildman–Crippen MR) is 86.8 cm³/mol. The van der Waals surface area contributed by atoms with E-state index >= 15 is 0 Å². The van der Waals surface area contributed by atoms with Crippen molar-refractivity contribution in [1.82, 2.24) is 15.5 Å². The number of hydrogen-bond donors (Lipinski definition) is 1. The molecule has 0 aliphatic heterocycles. The van der Waals surface area contributed by atoms with Crippen LogP contribution in [0.4, 0.5) is 4.39 Å². The number of nitrogens with one attached hydrogen (secondary N) is 1. The van der Waals surface area contributed by atoms with Crippen LogP contribution in [0.1, 0.15) is 34.8 Å². The third-order valence-electron chi connectivity index (χ3n) is 3.52. The minimum Gasteiger partial charge on any atom is -0.341 e. The molecule has 0 saturated heterocycles. The fourth-order valence-corrected chi connectivity index (χ4v) is 2.28. The van der Waals surface area contributed by atoms with Crippen LogP contribution >= 0.6 is 0 Å². The average molecular weight is 325 g/mol. The summed E-state index contributed by atoms with van der Waals surface area (Å²) in [5, 5.41) is 6.66. The Labute approximate surface area is 138 Å². The van der Waals surface area contributed by atoms with Gasteiger partial charge in [0, 0.05) is 11.1 Å². The molecule has 3 aromatic rings. The molecule has 3 rings (SSSR count). The summed E-state index contributed by atoms with van der Waals surface area (Å²) in [4.78, 5) is 16.5. The summed E-state index contributed by atoms with van der Waals surface area (Å²) < 4.78 is 18.4. The number of amides is 1. The van der Waals surface area contributed by atoms with Gasteiger partial charge in [-0.3, -0.25) is 4.79 Å². The number of aryl methyl sites for hydroxylation is 1. The number of aromatic nitrogens is 2. The number of halogens is 1. The topological polar surface area (TPSA) is 68.0 Å². The van der Waals surface area contributed by atoms with Crippen molar-refractivity contribution in [3.05, 3.63) is 71.4 Å². The van der Waals surface area contributed by atoms with E-state index in [2.05, 4.69) is 15.5 Å². The molecule has 0 aliphatic carbocycles. The zero-order valence-corrected chi connectivity index (χ0v) is 13.3. The zero-order valence-electron chi connectivity index (χ0n) is 13.3. The Bertz CT molecular complexity index is 876. The van der Waals surface area contributed by atoms with Gasteiger partial charge < -0.3 is 9.84 Å². The minimum atomic E-state index is -0.494. The van der Waals surface area contributed by atoms with Gasteiger partial charge >= 0.3 is 0 Å². The molecule has 24 heavy (non-hydrogen) atoms. The van der Waals surface area contributed by atoms with Crippen LogP contribution in [0.25, 0.3) is 11.4 Å². The molecule has 0 fully saturated rings. The van der Waals surface area contributed by atoms with Crippen LogP contribution in [0.5, 0.6) is 0 Å². The van der Waals surface area contributed by atoms with Gasteiger partial charge in [-0.2, -0.15) is 4.98 Å². The number of nitrogens with zero attached hydrogens (tertiary/aromatic N) is 2. The number of hydrogen-bond acceptors (Lipinski definition) is 4. The first-order valence-corrected chi connectivity index (χ1v) is 7.50. The highest BCUT2D eigenvalue weighted by molar-refractivity contribution is 5.94. The highest BCUT2D eigenvalue weighted by atomic mass is 19.1. The molecule has 1 N–H and O–H groups in total. The molecule has 0 bridgehead atoms. The van der Waals surface area contributed by atoms with Crippen LogP contribution in [0.15, 0.2) is 53.1 Å². The highest BCUT2D eigenvalue weighted by Gasteiger charge is 2.18. The standard InChI is InChI=1S/C18H16FN3O2/c1-11-5-3-6-13(9-11)16-21-18(24-22-16)12(2)20-17(23)14-7-4-8-15(19)10-14/h3-10,12H,1-2H3,(H,20,23)/t12-/m0/s1. The first-order chi connectivity index (χ1) is 11.5. The molecule has 0 radical (unpaired) electrons. The molecule has 1 aromatic heterocycles. The van der Waals surface area contributed by atoms with Crippen molar-refractivity contribution in [3.8, 4) is 11.4 Å². The zero-order chi connectivity index (χ0) is 17.1. The number of carbonyl (C=O) groups excluding carboxylic acids is 1. The first-order valence-electron chi connectivity index (χ1n) is 7.50. The lowest BCUT2D eigenvalue weighted by Crippen LogP contribution is -2.26. The Morgan fingerprint density at radius 1 is 1.21 bits per heavy atom. The van der Waals surface area contributed by atoms with Crippen molar-refractivity contribution in [2.24, 2.45) is 0 Å². The van der Waals surface area contributed by atoms with E-state index in [0.29, 0.717) is 5.82 Å². The van der Waals surface area contributed by atoms with E-state index in [1.165, 1.54) is 24.3 Å². The van der Waals surface area contributed by atoms with Crippen LogP contribution in [-0.4, -0.2) is 16.0 Å². The summed E-state index contributed by atoms with van der Waals surface area (Å²) >= 11 is 0. The number of benzene rings is 2. The summed E-state index contributed by atoms with van der Waals surface area (Å²) in [6.07, 6.45) is 0. The van der Waals surface area contributed by atoms with Gasteiger partial charge in [0.2, 0.25) is 11.7 Å². The fourth-order valence-electron chi connectivity index (χ4n) is 2.28. The van der Waals surface area contributed by atoms with Crippen LogP contribution in [0, 0.1) is 12.7 Å². The highest BCUT2D eigenvalue weighted by Crippen LogP contribution is 2.19. The van der Waals surface area contributed by atoms with Crippen molar-refractivity contribution in [3.63, 3.8) is 0 Å². The van der Waals surface area contributed by atoms with Crippen LogP contribution in [0.2, 0.25) is 0 Å². The third kappa shape index (κ3) is 3.48. The van der Waals surface area contributed by atoms with E-state index in [1.54, 1.807) is 6.92 Å². The lowest BCUT2D eigenvalue weighted by atomic mass is 10.1. The normalized spacial score (nSPS) is 12.0. The van der Waals surface area contributed by atoms with Gasteiger partial charge in [0.1, 0.15) is 11.9 Å². The summed E-state index contributed by atoms with van der Waals surface area (Å²) in [6, 6.07) is 12.7. The third-order valence-corrected chi connectivity index (χ3v) is 3.52. The number of rotatable bonds is 4. The maximum atomic E-state index is 13.2. The van der Waals surface area contributed by atoms with Gasteiger partial charge in [-0.1, -0.05) is 35.0 Å². The van der Waals surface area contributed by atoms with Crippen molar-refractivity contribution < 1.29 is 13.7 Å². The van der Waals surface area contributed by atoms with Crippen molar-refractivity contribution >= 4 is 5.91 Å². The fraction of sp³-hybridized carbons (Fsp3) is 0.167. The van der Waals surface area contributed by atoms with E-state index in [1.807, 2.05) is 31.2 Å². The second-order valence-corrected chi connectivity index (χ2v) is 5.53. The summed E-state index contributed by atoms with van der Waals surface area (Å²) in [5.41, 5.74) is 2.17. The van der Waals surface area contributed by atoms with Gasteiger partial charge in [-0.25, -0.2) is 4.39 Å². The van der Waals surface area contributed by atoms with E-state index in [0.717, 1.165) is 11.1 Å². The summed E-state index contributed by atoms with van der Waals surface area (Å²) in [7, 11) is 0. The molecule has 1 heterocycles. The van der Waals surface area contributed by atoms with E-state index in [4.69, 9.17) is 4.52 Å². The van der Waals surface area contributed by atoms with Gasteiger partial charge in [-0.15, -0.1) is 0 Å². The first kappa shape index (κ1) is 15.9. The molecule has 0 aliphatic rings. The maximum Gasteiger partial charge on any atom is 0.252 e. The van der Waals surface area contributed by atoms with Crippen LogP contribution in [-0.2, 0) is 0 Å². The van der Waals surface area contributed by atoms with Crippen molar-refractivity contribution in [2.75, 3.05) is 0 Å². The minimum absolute atomic E-state index is 0.236. The lowest BCUT2D eigenvalue weighted by molar-refractivity contribution is 0.0932.